The van der Waals surface area contributed by atoms with Crippen LogP contribution in [0.25, 0.3) is 0 Å². The van der Waals surface area contributed by atoms with Crippen molar-refractivity contribution in [2.24, 2.45) is 0 Å². The SMILES string of the molecule is CCCNc1nc(N(C)C)nc(N2CCS(=O)(=O)CC2)n1. The molecule has 1 fully saturated rings. The molecule has 0 amide bonds. The van der Waals surface area contributed by atoms with Crippen LogP contribution in [-0.2, 0) is 9.84 Å². The molecule has 9 heteroatoms. The molecule has 1 aromatic heterocycles. The molecule has 1 aliphatic rings. The predicted octanol–water partition coefficient (Wildman–Crippen LogP) is -0.00570. The molecule has 21 heavy (non-hydrogen) atoms. The van der Waals surface area contributed by atoms with Crippen molar-refractivity contribution in [3.8, 4) is 0 Å². The van der Waals surface area contributed by atoms with E-state index in [1.54, 1.807) is 0 Å². The lowest BCUT2D eigenvalue weighted by atomic mass is 10.5. The monoisotopic (exact) mass is 314 g/mol. The molecule has 0 aliphatic carbocycles. The van der Waals surface area contributed by atoms with E-state index in [-0.39, 0.29) is 11.5 Å². The van der Waals surface area contributed by atoms with Crippen LogP contribution in [0.1, 0.15) is 13.3 Å². The maximum Gasteiger partial charge on any atom is 0.232 e. The van der Waals surface area contributed by atoms with E-state index in [1.807, 2.05) is 23.9 Å². The lowest BCUT2D eigenvalue weighted by Crippen LogP contribution is -2.41. The fourth-order valence-electron chi connectivity index (χ4n) is 1.92. The second kappa shape index (κ2) is 6.42. The molecular weight excluding hydrogens is 292 g/mol. The van der Waals surface area contributed by atoms with Gasteiger partial charge in [0.25, 0.3) is 0 Å². The number of rotatable bonds is 5. The summed E-state index contributed by atoms with van der Waals surface area (Å²) < 4.78 is 23.0. The second-order valence-corrected chi connectivity index (χ2v) is 7.52. The normalized spacial score (nSPS) is 17.6. The molecule has 0 atom stereocenters. The Morgan fingerprint density at radius 3 is 2.43 bits per heavy atom. The number of nitrogens with zero attached hydrogens (tertiary/aromatic N) is 5. The van der Waals surface area contributed by atoms with Crippen LogP contribution in [0.4, 0.5) is 17.8 Å². The van der Waals surface area contributed by atoms with Crippen molar-refractivity contribution in [3.05, 3.63) is 0 Å². The van der Waals surface area contributed by atoms with Crippen LogP contribution < -0.4 is 15.1 Å². The molecule has 0 bridgehead atoms. The zero-order chi connectivity index (χ0) is 15.5. The molecule has 0 spiro atoms. The minimum atomic E-state index is -2.91. The maximum atomic E-state index is 11.5. The molecule has 2 rings (SSSR count). The quantitative estimate of drug-likeness (QED) is 0.812. The van der Waals surface area contributed by atoms with Gasteiger partial charge in [0.05, 0.1) is 11.5 Å². The summed E-state index contributed by atoms with van der Waals surface area (Å²) in [6.07, 6.45) is 0.972. The summed E-state index contributed by atoms with van der Waals surface area (Å²) in [5, 5.41) is 3.15. The number of nitrogens with one attached hydrogen (secondary N) is 1. The van der Waals surface area contributed by atoms with Crippen molar-refractivity contribution in [2.75, 3.05) is 60.4 Å². The molecule has 0 radical (unpaired) electrons. The first kappa shape index (κ1) is 15.7. The molecule has 0 aromatic carbocycles. The molecular formula is C12H22N6O2S. The summed E-state index contributed by atoms with van der Waals surface area (Å²) in [6, 6.07) is 0. The van der Waals surface area contributed by atoms with Crippen LogP contribution >= 0.6 is 0 Å². The first-order valence-electron chi connectivity index (χ1n) is 7.04. The number of hydrogen-bond donors (Lipinski definition) is 1. The van der Waals surface area contributed by atoms with Gasteiger partial charge < -0.3 is 15.1 Å². The van der Waals surface area contributed by atoms with Gasteiger partial charge >= 0.3 is 0 Å². The predicted molar refractivity (Wildman–Crippen MR) is 83.8 cm³/mol. The van der Waals surface area contributed by atoms with Gasteiger partial charge in [0, 0.05) is 33.7 Å². The molecule has 1 saturated heterocycles. The van der Waals surface area contributed by atoms with Crippen LogP contribution in [0.15, 0.2) is 0 Å². The molecule has 8 nitrogen and oxygen atoms in total. The average Bonchev–Trinajstić information content (AvgIpc) is 2.44. The van der Waals surface area contributed by atoms with Crippen molar-refractivity contribution < 1.29 is 8.42 Å². The number of aromatic nitrogens is 3. The molecule has 118 valence electrons. The summed E-state index contributed by atoms with van der Waals surface area (Å²) in [6.45, 7) is 3.70. The molecule has 1 N–H and O–H groups in total. The van der Waals surface area contributed by atoms with Crippen molar-refractivity contribution in [2.45, 2.75) is 13.3 Å². The second-order valence-electron chi connectivity index (χ2n) is 5.22. The molecule has 1 aliphatic heterocycles. The summed E-state index contributed by atoms with van der Waals surface area (Å²) >= 11 is 0. The Morgan fingerprint density at radius 1 is 1.19 bits per heavy atom. The first-order valence-corrected chi connectivity index (χ1v) is 8.86. The first-order chi connectivity index (χ1) is 9.91. The molecule has 1 aromatic rings. The summed E-state index contributed by atoms with van der Waals surface area (Å²) in [4.78, 5) is 16.8. The minimum absolute atomic E-state index is 0.147. The van der Waals surface area contributed by atoms with Gasteiger partial charge in [-0.15, -0.1) is 0 Å². The fourth-order valence-corrected chi connectivity index (χ4v) is 3.12. The van der Waals surface area contributed by atoms with E-state index >= 15 is 0 Å². The van der Waals surface area contributed by atoms with E-state index in [9.17, 15) is 8.42 Å². The third kappa shape index (κ3) is 4.16. The molecule has 2 heterocycles. The van der Waals surface area contributed by atoms with Crippen LogP contribution in [0.5, 0.6) is 0 Å². The lowest BCUT2D eigenvalue weighted by Gasteiger charge is -2.27. The minimum Gasteiger partial charge on any atom is -0.354 e. The Bertz CT molecular complexity index is 575. The van der Waals surface area contributed by atoms with Crippen LogP contribution in [-0.4, -0.2) is 68.6 Å². The number of sulfone groups is 1. The number of anilines is 3. The Kier molecular flexibility index (Phi) is 4.81. The van der Waals surface area contributed by atoms with Gasteiger partial charge in [0.1, 0.15) is 0 Å². The van der Waals surface area contributed by atoms with E-state index in [0.29, 0.717) is 30.9 Å². The van der Waals surface area contributed by atoms with Gasteiger partial charge in [-0.05, 0) is 6.42 Å². The van der Waals surface area contributed by atoms with E-state index < -0.39 is 9.84 Å². The van der Waals surface area contributed by atoms with Gasteiger partial charge in [-0.25, -0.2) is 8.42 Å². The Morgan fingerprint density at radius 2 is 1.86 bits per heavy atom. The smallest absolute Gasteiger partial charge is 0.232 e. The Balaban J connectivity index is 2.23. The lowest BCUT2D eigenvalue weighted by molar-refractivity contribution is 0.585. The fraction of sp³-hybridized carbons (Fsp3) is 0.750. The van der Waals surface area contributed by atoms with Crippen molar-refractivity contribution >= 4 is 27.7 Å². The largest absolute Gasteiger partial charge is 0.354 e. The zero-order valence-corrected chi connectivity index (χ0v) is 13.5. The maximum absolute atomic E-state index is 11.5. The van der Waals surface area contributed by atoms with E-state index in [0.717, 1.165) is 13.0 Å². The molecule has 0 unspecified atom stereocenters. The van der Waals surface area contributed by atoms with Crippen LogP contribution in [0.2, 0.25) is 0 Å². The van der Waals surface area contributed by atoms with E-state index in [4.69, 9.17) is 0 Å². The zero-order valence-electron chi connectivity index (χ0n) is 12.7. The Labute approximate surface area is 125 Å². The summed E-state index contributed by atoms with van der Waals surface area (Å²) in [5.74, 6) is 1.91. The third-order valence-corrected chi connectivity index (χ3v) is 4.78. The highest BCUT2D eigenvalue weighted by Crippen LogP contribution is 2.17. The van der Waals surface area contributed by atoms with E-state index in [2.05, 4.69) is 27.2 Å². The van der Waals surface area contributed by atoms with Gasteiger partial charge in [-0.3, -0.25) is 0 Å². The van der Waals surface area contributed by atoms with Crippen LogP contribution in [0.3, 0.4) is 0 Å². The van der Waals surface area contributed by atoms with Gasteiger partial charge in [-0.1, -0.05) is 6.92 Å². The molecule has 0 saturated carbocycles. The Hall–Kier alpha value is -1.64. The van der Waals surface area contributed by atoms with Crippen molar-refractivity contribution in [3.63, 3.8) is 0 Å². The highest BCUT2D eigenvalue weighted by molar-refractivity contribution is 7.91. The van der Waals surface area contributed by atoms with Crippen LogP contribution in [0, 0.1) is 0 Å². The van der Waals surface area contributed by atoms with Gasteiger partial charge in [0.2, 0.25) is 17.8 Å². The topological polar surface area (TPSA) is 91.3 Å². The van der Waals surface area contributed by atoms with Gasteiger partial charge in [0.15, 0.2) is 9.84 Å². The standard InChI is InChI=1S/C12H22N6O2S/c1-4-5-13-10-14-11(17(2)3)16-12(15-10)18-6-8-21(19,20)9-7-18/h4-9H2,1-3H3,(H,13,14,15,16). The number of hydrogen-bond acceptors (Lipinski definition) is 8. The summed E-state index contributed by atoms with van der Waals surface area (Å²) in [7, 11) is 0.816. The third-order valence-electron chi connectivity index (χ3n) is 3.17. The van der Waals surface area contributed by atoms with E-state index in [1.165, 1.54) is 0 Å². The highest BCUT2D eigenvalue weighted by Gasteiger charge is 2.24. The van der Waals surface area contributed by atoms with Crippen molar-refractivity contribution in [1.82, 2.24) is 15.0 Å². The van der Waals surface area contributed by atoms with Gasteiger partial charge in [-0.2, -0.15) is 15.0 Å². The average molecular weight is 314 g/mol. The highest BCUT2D eigenvalue weighted by atomic mass is 32.2. The van der Waals surface area contributed by atoms with Crippen molar-refractivity contribution in [1.29, 1.82) is 0 Å². The summed E-state index contributed by atoms with van der Waals surface area (Å²) in [5.41, 5.74) is 0.